The third-order valence-corrected chi connectivity index (χ3v) is 7.50. The summed E-state index contributed by atoms with van der Waals surface area (Å²) < 4.78 is 5.52. The molecule has 1 aliphatic heterocycles. The van der Waals surface area contributed by atoms with Gasteiger partial charge in [-0.2, -0.15) is 4.98 Å². The average Bonchev–Trinajstić information content (AvgIpc) is 3.32. The Bertz CT molecular complexity index is 1170. The maximum atomic E-state index is 13.0. The van der Waals surface area contributed by atoms with Gasteiger partial charge in [-0.05, 0) is 36.8 Å². The van der Waals surface area contributed by atoms with Gasteiger partial charge in [0.25, 0.3) is 0 Å². The normalized spacial score (nSPS) is 21.1. The zero-order valence-electron chi connectivity index (χ0n) is 19.9. The van der Waals surface area contributed by atoms with E-state index in [1.54, 1.807) is 0 Å². The van der Waals surface area contributed by atoms with Gasteiger partial charge in [0.2, 0.25) is 11.7 Å². The number of carboxylic acids is 1. The third kappa shape index (κ3) is 5.05. The van der Waals surface area contributed by atoms with Gasteiger partial charge in [0, 0.05) is 38.0 Å². The number of carbonyl (C=O) groups is 2. The smallest absolute Gasteiger partial charge is 0.309 e. The van der Waals surface area contributed by atoms with Crippen LogP contribution in [0.25, 0.3) is 11.4 Å². The first-order valence-electron chi connectivity index (χ1n) is 12.5. The van der Waals surface area contributed by atoms with E-state index in [1.165, 1.54) is 0 Å². The summed E-state index contributed by atoms with van der Waals surface area (Å²) in [5.41, 5.74) is 2.76. The molecule has 1 atom stereocenters. The van der Waals surface area contributed by atoms with Crippen molar-refractivity contribution in [3.63, 3.8) is 0 Å². The molecule has 1 saturated heterocycles. The molecule has 0 amide bonds. The summed E-state index contributed by atoms with van der Waals surface area (Å²) >= 11 is 0. The Kier molecular flexibility index (Phi) is 6.77. The molecule has 2 fully saturated rings. The number of hydrogen-bond acceptors (Lipinski definition) is 6. The minimum absolute atomic E-state index is 0.245. The van der Waals surface area contributed by atoms with E-state index < -0.39 is 5.97 Å². The van der Waals surface area contributed by atoms with Crippen molar-refractivity contribution in [2.75, 3.05) is 13.1 Å². The Morgan fingerprint density at radius 2 is 1.86 bits per heavy atom. The summed E-state index contributed by atoms with van der Waals surface area (Å²) in [5, 5.41) is 13.2. The molecule has 2 aliphatic rings. The number of benzene rings is 2. The van der Waals surface area contributed by atoms with E-state index in [2.05, 4.69) is 27.2 Å². The fourth-order valence-corrected chi connectivity index (χ4v) is 5.45. The molecule has 1 aliphatic carbocycles. The van der Waals surface area contributed by atoms with Crippen LogP contribution in [-0.4, -0.2) is 45.0 Å². The summed E-state index contributed by atoms with van der Waals surface area (Å²) in [6, 6.07) is 18.2. The molecule has 7 nitrogen and oxygen atoms in total. The maximum Gasteiger partial charge on any atom is 0.309 e. The van der Waals surface area contributed by atoms with Crippen LogP contribution in [0.2, 0.25) is 0 Å². The van der Waals surface area contributed by atoms with Crippen LogP contribution >= 0.6 is 0 Å². The van der Waals surface area contributed by atoms with Crippen LogP contribution in [0.4, 0.5) is 0 Å². The highest BCUT2D eigenvalue weighted by Gasteiger charge is 2.40. The van der Waals surface area contributed by atoms with Crippen LogP contribution in [0.3, 0.4) is 0 Å². The van der Waals surface area contributed by atoms with Gasteiger partial charge in [0.05, 0.1) is 11.3 Å². The predicted octanol–water partition coefficient (Wildman–Crippen LogP) is 4.66. The molecule has 3 aromatic rings. The number of aryl methyl sites for hydroxylation is 1. The van der Waals surface area contributed by atoms with Gasteiger partial charge in [-0.15, -0.1) is 0 Å². The molecule has 1 N–H and O–H groups in total. The second kappa shape index (κ2) is 10.1. The van der Waals surface area contributed by atoms with Crippen molar-refractivity contribution in [2.24, 2.45) is 5.92 Å². The van der Waals surface area contributed by atoms with Gasteiger partial charge < -0.3 is 9.63 Å². The highest BCUT2D eigenvalue weighted by Crippen LogP contribution is 2.40. The second-order valence-corrected chi connectivity index (χ2v) is 9.87. The van der Waals surface area contributed by atoms with Crippen LogP contribution in [0.1, 0.15) is 55.5 Å². The highest BCUT2D eigenvalue weighted by atomic mass is 16.5. The van der Waals surface area contributed by atoms with Crippen molar-refractivity contribution in [1.29, 1.82) is 0 Å². The number of nitrogens with zero attached hydrogens (tertiary/aromatic N) is 3. The van der Waals surface area contributed by atoms with E-state index in [-0.39, 0.29) is 11.3 Å². The van der Waals surface area contributed by atoms with Crippen molar-refractivity contribution >= 4 is 11.8 Å². The molecule has 1 saturated carbocycles. The molecule has 2 heterocycles. The van der Waals surface area contributed by atoms with Crippen LogP contribution in [0, 0.1) is 5.92 Å². The molecule has 7 heteroatoms. The topological polar surface area (TPSA) is 96.5 Å². The van der Waals surface area contributed by atoms with Crippen molar-refractivity contribution in [3.05, 3.63) is 71.6 Å². The molecule has 1 aromatic heterocycles. The van der Waals surface area contributed by atoms with Gasteiger partial charge in [-0.3, -0.25) is 14.5 Å². The Balaban J connectivity index is 1.18. The SMILES string of the molecule is O=C(O)C1CN(Cc2ccc(-c3noc(CCCC4(c5ccccc5)CCCCC4=O)n3)cc2)C1. The van der Waals surface area contributed by atoms with E-state index in [4.69, 9.17) is 9.63 Å². The lowest BCUT2D eigenvalue weighted by Crippen LogP contribution is -2.49. The quantitative estimate of drug-likeness (QED) is 0.483. The predicted molar refractivity (Wildman–Crippen MR) is 131 cm³/mol. The van der Waals surface area contributed by atoms with Crippen LogP contribution < -0.4 is 0 Å². The highest BCUT2D eigenvalue weighted by molar-refractivity contribution is 5.90. The van der Waals surface area contributed by atoms with Gasteiger partial charge in [-0.25, -0.2) is 0 Å². The lowest BCUT2D eigenvalue weighted by molar-refractivity contribution is -0.147. The van der Waals surface area contributed by atoms with E-state index in [0.717, 1.165) is 55.3 Å². The van der Waals surface area contributed by atoms with Crippen molar-refractivity contribution in [2.45, 2.75) is 56.9 Å². The molecule has 1 unspecified atom stereocenters. The first-order valence-corrected chi connectivity index (χ1v) is 12.5. The minimum Gasteiger partial charge on any atom is -0.481 e. The molecule has 35 heavy (non-hydrogen) atoms. The lowest BCUT2D eigenvalue weighted by atomic mass is 9.66. The van der Waals surface area contributed by atoms with Gasteiger partial charge in [0.1, 0.15) is 5.78 Å². The van der Waals surface area contributed by atoms with Gasteiger partial charge >= 0.3 is 5.97 Å². The molecule has 0 radical (unpaired) electrons. The summed E-state index contributed by atoms with van der Waals surface area (Å²) in [6.45, 7) is 1.94. The molecular weight excluding hydrogens is 442 g/mol. The first kappa shape index (κ1) is 23.4. The number of likely N-dealkylation sites (tertiary alicyclic amines) is 1. The number of rotatable bonds is 9. The van der Waals surface area contributed by atoms with E-state index in [9.17, 15) is 9.59 Å². The number of hydrogen-bond donors (Lipinski definition) is 1. The first-order chi connectivity index (χ1) is 17.0. The lowest BCUT2D eigenvalue weighted by Gasteiger charge is -2.36. The number of aliphatic carboxylic acids is 1. The van der Waals surface area contributed by atoms with E-state index in [0.29, 0.717) is 43.4 Å². The monoisotopic (exact) mass is 473 g/mol. The Morgan fingerprint density at radius 1 is 1.09 bits per heavy atom. The average molecular weight is 474 g/mol. The van der Waals surface area contributed by atoms with Crippen molar-refractivity contribution in [3.8, 4) is 11.4 Å². The van der Waals surface area contributed by atoms with Gasteiger partial charge in [0.15, 0.2) is 0 Å². The molecule has 182 valence electrons. The number of ketones is 1. The zero-order chi connectivity index (χ0) is 24.3. The third-order valence-electron chi connectivity index (χ3n) is 7.50. The second-order valence-electron chi connectivity index (χ2n) is 9.87. The van der Waals surface area contributed by atoms with Crippen LogP contribution in [-0.2, 0) is 28.0 Å². The summed E-state index contributed by atoms with van der Waals surface area (Å²) in [5.74, 6) is 0.553. The largest absolute Gasteiger partial charge is 0.481 e. The summed E-state index contributed by atoms with van der Waals surface area (Å²) in [4.78, 5) is 30.7. The maximum absolute atomic E-state index is 13.0. The Hall–Kier alpha value is -3.32. The molecule has 2 aromatic carbocycles. The number of carbonyl (C=O) groups excluding carboxylic acids is 1. The minimum atomic E-state index is -0.718. The molecule has 0 spiro atoms. The van der Waals surface area contributed by atoms with Crippen molar-refractivity contribution in [1.82, 2.24) is 15.0 Å². The molecular formula is C28H31N3O4. The summed E-state index contributed by atoms with van der Waals surface area (Å²) in [7, 11) is 0. The van der Waals surface area contributed by atoms with Crippen molar-refractivity contribution < 1.29 is 19.2 Å². The zero-order valence-corrected chi connectivity index (χ0v) is 19.9. The Morgan fingerprint density at radius 3 is 2.57 bits per heavy atom. The number of carboxylic acid groups (broad SMARTS) is 1. The summed E-state index contributed by atoms with van der Waals surface area (Å²) in [6.07, 6.45) is 5.89. The molecule has 5 rings (SSSR count). The number of aromatic nitrogens is 2. The molecule has 0 bridgehead atoms. The Labute approximate surface area is 205 Å². The van der Waals surface area contributed by atoms with Crippen LogP contribution in [0.15, 0.2) is 59.1 Å². The van der Waals surface area contributed by atoms with E-state index in [1.807, 2.05) is 42.5 Å². The van der Waals surface area contributed by atoms with Crippen LogP contribution in [0.5, 0.6) is 0 Å². The number of Topliss-reactive ketones (excluding diaryl/α,β-unsaturated/α-hetero) is 1. The van der Waals surface area contributed by atoms with Gasteiger partial charge in [-0.1, -0.05) is 66.2 Å². The fourth-order valence-electron chi connectivity index (χ4n) is 5.45. The fraction of sp³-hybridized carbons (Fsp3) is 0.429. The van der Waals surface area contributed by atoms with E-state index >= 15 is 0 Å². The standard InChI is InChI=1S/C28H31N3O4/c32-24-9-4-5-15-28(24,23-7-2-1-3-8-23)16-6-10-25-29-26(30-35-25)21-13-11-20(12-14-21)17-31-18-22(19-31)27(33)34/h1-3,7-8,11-14,22H,4-6,9-10,15-19H2,(H,33,34).